The maximum absolute atomic E-state index is 11.6. The summed E-state index contributed by atoms with van der Waals surface area (Å²) in [6.07, 6.45) is 0. The molecule has 0 aliphatic heterocycles. The molecule has 3 rings (SSSR count). The lowest BCUT2D eigenvalue weighted by Crippen LogP contribution is -2.29. The number of nitrogens with one attached hydrogen (secondary N) is 1. The highest BCUT2D eigenvalue weighted by atomic mass is 16.6. The zero-order valence-electron chi connectivity index (χ0n) is 20.4. The van der Waals surface area contributed by atoms with E-state index < -0.39 is 4.92 Å². The number of aliphatic hydroxyl groups is 2. The first-order valence-electron chi connectivity index (χ1n) is 11.4. The number of nitrogens with zero attached hydrogens (tertiary/aromatic N) is 6. The van der Waals surface area contributed by atoms with Gasteiger partial charge in [0, 0.05) is 31.8 Å². The highest BCUT2D eigenvalue weighted by molar-refractivity contribution is 5.94. The van der Waals surface area contributed by atoms with Gasteiger partial charge < -0.3 is 20.4 Å². The van der Waals surface area contributed by atoms with E-state index in [1.807, 2.05) is 17.0 Å². The van der Waals surface area contributed by atoms with Crippen LogP contribution in [0, 0.1) is 17.0 Å². The summed E-state index contributed by atoms with van der Waals surface area (Å²) in [5.74, 6) is -0.378. The molecule has 0 aliphatic rings. The molecule has 0 aromatic heterocycles. The van der Waals surface area contributed by atoms with Crippen LogP contribution in [0.3, 0.4) is 0 Å². The van der Waals surface area contributed by atoms with Crippen molar-refractivity contribution < 1.29 is 19.9 Å². The molecular weight excluding hydrogens is 478 g/mol. The summed E-state index contributed by atoms with van der Waals surface area (Å²) in [6.45, 7) is 3.66. The summed E-state index contributed by atoms with van der Waals surface area (Å²) in [6, 6.07) is 16.8. The topological polar surface area (TPSA) is 165 Å². The van der Waals surface area contributed by atoms with Gasteiger partial charge in [0.1, 0.15) is 5.69 Å². The van der Waals surface area contributed by atoms with Crippen molar-refractivity contribution >= 4 is 45.7 Å². The highest BCUT2D eigenvalue weighted by Gasteiger charge is 2.18. The van der Waals surface area contributed by atoms with Crippen LogP contribution < -0.4 is 10.2 Å². The average molecular weight is 506 g/mol. The van der Waals surface area contributed by atoms with Crippen LogP contribution in [0.1, 0.15) is 12.5 Å². The summed E-state index contributed by atoms with van der Waals surface area (Å²) < 4.78 is 0. The first kappa shape index (κ1) is 27.0. The smallest absolute Gasteiger partial charge is 0.274 e. The fourth-order valence-electron chi connectivity index (χ4n) is 3.46. The van der Waals surface area contributed by atoms with Crippen LogP contribution in [0.25, 0.3) is 0 Å². The van der Waals surface area contributed by atoms with Gasteiger partial charge in [-0.1, -0.05) is 0 Å². The van der Waals surface area contributed by atoms with E-state index in [1.54, 1.807) is 36.4 Å². The quantitative estimate of drug-likeness (QED) is 0.177. The van der Waals surface area contributed by atoms with Crippen LogP contribution in [-0.4, -0.2) is 47.3 Å². The van der Waals surface area contributed by atoms with E-state index in [0.717, 1.165) is 5.69 Å². The lowest BCUT2D eigenvalue weighted by Gasteiger charge is -2.22. The molecule has 0 heterocycles. The normalized spacial score (nSPS) is 11.2. The number of aliphatic hydroxyl groups excluding tert-OH is 2. The second-order valence-corrected chi connectivity index (χ2v) is 7.91. The van der Waals surface area contributed by atoms with E-state index in [2.05, 4.69) is 25.8 Å². The Hall–Kier alpha value is -4.55. The van der Waals surface area contributed by atoms with Crippen molar-refractivity contribution in [3.8, 4) is 0 Å². The summed E-state index contributed by atoms with van der Waals surface area (Å²) in [7, 11) is 0. The molecule has 0 saturated carbocycles. The van der Waals surface area contributed by atoms with Crippen molar-refractivity contribution in [3.05, 3.63) is 76.3 Å². The number of carbonyl (C=O) groups excluding carboxylic acids is 1. The number of carbonyl (C=O) groups is 1. The first-order valence-corrected chi connectivity index (χ1v) is 11.4. The molecule has 0 aliphatic carbocycles. The Bertz CT molecular complexity index is 1290. The van der Waals surface area contributed by atoms with Crippen molar-refractivity contribution in [1.29, 1.82) is 0 Å². The Balaban J connectivity index is 1.71. The Morgan fingerprint density at radius 1 is 0.865 bits per heavy atom. The molecule has 0 radical (unpaired) electrons. The third kappa shape index (κ3) is 7.46. The lowest BCUT2D eigenvalue weighted by atomic mass is 10.1. The Kier molecular flexibility index (Phi) is 9.47. The van der Waals surface area contributed by atoms with Gasteiger partial charge in [-0.3, -0.25) is 14.9 Å². The molecule has 12 heteroatoms. The van der Waals surface area contributed by atoms with Gasteiger partial charge in [0.15, 0.2) is 0 Å². The standard InChI is InChI=1S/C25H27N7O5/c1-17-24(32(36)37)12-11-23(25(17)26-18(2)35)30-29-20-5-3-19(4-6-20)27-28-21-7-9-22(10-8-21)31(13-15-33)14-16-34/h3-12,33-34H,13-16H2,1-2H3,(H,26,35). The molecule has 3 aromatic carbocycles. The minimum absolute atomic E-state index is 0.0129. The summed E-state index contributed by atoms with van der Waals surface area (Å²) in [5, 5.41) is 48.9. The fraction of sp³-hybridized carbons (Fsp3) is 0.240. The van der Waals surface area contributed by atoms with Crippen molar-refractivity contribution in [2.24, 2.45) is 20.5 Å². The van der Waals surface area contributed by atoms with Gasteiger partial charge in [-0.05, 0) is 61.5 Å². The van der Waals surface area contributed by atoms with E-state index in [-0.39, 0.29) is 36.1 Å². The summed E-state index contributed by atoms with van der Waals surface area (Å²) >= 11 is 0. The van der Waals surface area contributed by atoms with Gasteiger partial charge in [-0.25, -0.2) is 0 Å². The van der Waals surface area contributed by atoms with Crippen LogP contribution >= 0.6 is 0 Å². The molecule has 1 amide bonds. The molecule has 3 aromatic rings. The number of hydrogen-bond donors (Lipinski definition) is 3. The van der Waals surface area contributed by atoms with Gasteiger partial charge in [-0.2, -0.15) is 15.3 Å². The highest BCUT2D eigenvalue weighted by Crippen LogP contribution is 2.36. The van der Waals surface area contributed by atoms with Crippen molar-refractivity contribution in [2.45, 2.75) is 13.8 Å². The number of rotatable bonds is 11. The first-order chi connectivity index (χ1) is 17.8. The van der Waals surface area contributed by atoms with E-state index in [1.165, 1.54) is 26.0 Å². The van der Waals surface area contributed by atoms with Crippen LogP contribution in [-0.2, 0) is 4.79 Å². The monoisotopic (exact) mass is 505 g/mol. The summed E-state index contributed by atoms with van der Waals surface area (Å²) in [5.41, 5.74) is 3.30. The van der Waals surface area contributed by atoms with Gasteiger partial charge in [0.05, 0.1) is 46.5 Å². The van der Waals surface area contributed by atoms with E-state index in [4.69, 9.17) is 0 Å². The molecule has 0 spiro atoms. The predicted molar refractivity (Wildman–Crippen MR) is 140 cm³/mol. The number of nitro benzene ring substituents is 1. The predicted octanol–water partition coefficient (Wildman–Crippen LogP) is 5.48. The maximum Gasteiger partial charge on any atom is 0.274 e. The Labute approximate surface area is 213 Å². The number of anilines is 2. The van der Waals surface area contributed by atoms with E-state index in [0.29, 0.717) is 35.8 Å². The van der Waals surface area contributed by atoms with Crippen molar-refractivity contribution in [1.82, 2.24) is 0 Å². The van der Waals surface area contributed by atoms with E-state index >= 15 is 0 Å². The molecule has 0 atom stereocenters. The Morgan fingerprint density at radius 2 is 1.35 bits per heavy atom. The average Bonchev–Trinajstić information content (AvgIpc) is 2.88. The minimum Gasteiger partial charge on any atom is -0.395 e. The molecule has 0 saturated heterocycles. The third-order valence-electron chi connectivity index (χ3n) is 5.27. The number of nitro groups is 1. The Morgan fingerprint density at radius 3 is 1.81 bits per heavy atom. The van der Waals surface area contributed by atoms with Crippen molar-refractivity contribution in [2.75, 3.05) is 36.5 Å². The van der Waals surface area contributed by atoms with Crippen LogP contribution in [0.15, 0.2) is 81.1 Å². The zero-order valence-corrected chi connectivity index (χ0v) is 20.4. The number of hydrogen-bond acceptors (Lipinski definition) is 10. The SMILES string of the molecule is CC(=O)Nc1c(N=Nc2ccc(N=Nc3ccc(N(CCO)CCO)cc3)cc2)ccc([N+](=O)[O-])c1C. The van der Waals surface area contributed by atoms with Gasteiger partial charge in [0.2, 0.25) is 5.91 Å². The van der Waals surface area contributed by atoms with Gasteiger partial charge in [-0.15, -0.1) is 5.11 Å². The van der Waals surface area contributed by atoms with Gasteiger partial charge in [0.25, 0.3) is 5.69 Å². The zero-order chi connectivity index (χ0) is 26.8. The largest absolute Gasteiger partial charge is 0.395 e. The van der Waals surface area contributed by atoms with Crippen LogP contribution in [0.2, 0.25) is 0 Å². The molecule has 0 fully saturated rings. The maximum atomic E-state index is 11.6. The van der Waals surface area contributed by atoms with Crippen LogP contribution in [0.4, 0.5) is 39.8 Å². The molecular formula is C25H27N7O5. The minimum atomic E-state index is -0.521. The molecule has 192 valence electrons. The number of azo groups is 2. The van der Waals surface area contributed by atoms with E-state index in [9.17, 15) is 25.1 Å². The third-order valence-corrected chi connectivity index (χ3v) is 5.27. The molecule has 12 nitrogen and oxygen atoms in total. The lowest BCUT2D eigenvalue weighted by molar-refractivity contribution is -0.385. The van der Waals surface area contributed by atoms with Crippen molar-refractivity contribution in [3.63, 3.8) is 0 Å². The summed E-state index contributed by atoms with van der Waals surface area (Å²) in [4.78, 5) is 24.1. The number of benzene rings is 3. The molecule has 3 N–H and O–H groups in total. The second-order valence-electron chi connectivity index (χ2n) is 7.91. The molecule has 37 heavy (non-hydrogen) atoms. The second kappa shape index (κ2) is 13.0. The van der Waals surface area contributed by atoms with Crippen LogP contribution in [0.5, 0.6) is 0 Å². The number of amides is 1. The molecule has 0 unspecified atom stereocenters. The molecule has 0 bridgehead atoms. The fourth-order valence-corrected chi connectivity index (χ4v) is 3.46. The van der Waals surface area contributed by atoms with Gasteiger partial charge >= 0.3 is 0 Å².